The molecule has 15 heteroatoms. The Morgan fingerprint density at radius 1 is 0.980 bits per heavy atom. The minimum Gasteiger partial charge on any atom is -0.368 e. The number of hydrogen-bond acceptors (Lipinski definition) is 8. The molecule has 4 atom stereocenters. The molecule has 1 saturated heterocycles. The van der Waals surface area contributed by atoms with Crippen molar-refractivity contribution in [1.82, 2.24) is 41.2 Å². The van der Waals surface area contributed by atoms with Gasteiger partial charge in [0, 0.05) is 32.4 Å². The number of fused-ring (bicyclic) bond motifs is 3. The third-order valence-corrected chi connectivity index (χ3v) is 9.38. The Morgan fingerprint density at radius 2 is 1.76 bits per heavy atom. The average molecular weight is 702 g/mol. The summed E-state index contributed by atoms with van der Waals surface area (Å²) in [4.78, 5) is 81.6. The topological polar surface area (TPSA) is 211 Å². The molecule has 0 bridgehead atoms. The second-order valence-corrected chi connectivity index (χ2v) is 13.7. The van der Waals surface area contributed by atoms with Crippen LogP contribution in [0.5, 0.6) is 0 Å². The molecule has 0 aliphatic carbocycles. The molecule has 6 amide bonds. The van der Waals surface area contributed by atoms with Crippen molar-refractivity contribution in [1.29, 1.82) is 0 Å². The van der Waals surface area contributed by atoms with Gasteiger partial charge in [0.2, 0.25) is 35.4 Å². The Morgan fingerprint density at radius 3 is 2.55 bits per heavy atom. The number of aryl methyl sites for hydroxylation is 1. The number of nitrogens with zero attached hydrogens (tertiary/aromatic N) is 4. The second-order valence-electron chi connectivity index (χ2n) is 13.7. The Labute approximate surface area is 296 Å². The van der Waals surface area contributed by atoms with Crippen molar-refractivity contribution in [2.24, 2.45) is 11.7 Å². The van der Waals surface area contributed by atoms with Gasteiger partial charge in [-0.15, -0.1) is 5.10 Å². The predicted octanol–water partition coefficient (Wildman–Crippen LogP) is 0.493. The fourth-order valence-corrected chi connectivity index (χ4v) is 6.72. The van der Waals surface area contributed by atoms with E-state index in [2.05, 4.69) is 31.6 Å². The first-order valence-corrected chi connectivity index (χ1v) is 17.6. The molecule has 3 heterocycles. The van der Waals surface area contributed by atoms with Crippen molar-refractivity contribution in [2.45, 2.75) is 95.9 Å². The number of amides is 6. The van der Waals surface area contributed by atoms with E-state index in [1.54, 1.807) is 4.68 Å². The van der Waals surface area contributed by atoms with Gasteiger partial charge in [-0.3, -0.25) is 28.8 Å². The number of primary amides is 1. The molecule has 2 aliphatic heterocycles. The lowest BCUT2D eigenvalue weighted by molar-refractivity contribution is -0.140. The summed E-state index contributed by atoms with van der Waals surface area (Å²) in [5.41, 5.74) is 6.98. The van der Waals surface area contributed by atoms with E-state index in [0.29, 0.717) is 50.9 Å². The number of aromatic nitrogens is 3. The minimum absolute atomic E-state index is 0.0297. The van der Waals surface area contributed by atoms with Gasteiger partial charge in [-0.25, -0.2) is 4.68 Å². The van der Waals surface area contributed by atoms with Crippen molar-refractivity contribution in [3.05, 3.63) is 59.9 Å². The zero-order chi connectivity index (χ0) is 36.5. The van der Waals surface area contributed by atoms with Gasteiger partial charge in [0.05, 0.1) is 18.4 Å². The SMILES string of the molecule is CC(C)C[C@H](NC(=O)[C@H]1Cc2cnnn2CCCCC(=O)NCC(=O)N2CCC[C@H]2C(=O)N[C@@H](Cc2cccc3ccccc23)C(=O)N1)C(N)=O. The first-order valence-electron chi connectivity index (χ1n) is 17.6. The van der Waals surface area contributed by atoms with E-state index in [1.807, 2.05) is 56.3 Å². The summed E-state index contributed by atoms with van der Waals surface area (Å²) >= 11 is 0. The van der Waals surface area contributed by atoms with Crippen LogP contribution in [0, 0.1) is 5.92 Å². The quantitative estimate of drug-likeness (QED) is 0.234. The molecule has 0 saturated carbocycles. The molecule has 51 heavy (non-hydrogen) atoms. The third kappa shape index (κ3) is 9.67. The molecule has 0 spiro atoms. The standard InChI is InChI=1S/C36H47N9O6/c1-22(2)17-27(33(37)48)40-35(50)29-19-25-20-39-43-45(25)16-6-5-14-31(46)38-21-32(47)44-15-8-13-30(44)36(51)42-28(34(49)41-29)18-24-11-7-10-23-9-3-4-12-26(23)24/h3-4,7,9-12,20,22,27-30H,5-6,8,13-19,21H2,1-2H3,(H2,37,48)(H,38,46)(H,40,50)(H,41,49)(H,42,51)/t27-,28-,29+,30-/m0/s1. The molecule has 5 rings (SSSR count). The highest BCUT2D eigenvalue weighted by Gasteiger charge is 2.37. The van der Waals surface area contributed by atoms with Gasteiger partial charge in [0.15, 0.2) is 0 Å². The minimum atomic E-state index is -1.20. The first-order chi connectivity index (χ1) is 24.5. The fourth-order valence-electron chi connectivity index (χ4n) is 6.72. The number of nitrogens with one attached hydrogen (secondary N) is 4. The van der Waals surface area contributed by atoms with E-state index >= 15 is 0 Å². The second kappa shape index (κ2) is 17.1. The molecule has 0 radical (unpaired) electrons. The van der Waals surface area contributed by atoms with Crippen LogP contribution < -0.4 is 27.0 Å². The van der Waals surface area contributed by atoms with E-state index in [-0.39, 0.29) is 43.5 Å². The van der Waals surface area contributed by atoms with Crippen LogP contribution >= 0.6 is 0 Å². The summed E-state index contributed by atoms with van der Waals surface area (Å²) in [6.45, 7) is 4.28. The maximum absolute atomic E-state index is 14.3. The first kappa shape index (κ1) is 36.9. The molecule has 272 valence electrons. The fraction of sp³-hybridized carbons (Fsp3) is 0.500. The smallest absolute Gasteiger partial charge is 0.243 e. The summed E-state index contributed by atoms with van der Waals surface area (Å²) in [7, 11) is 0. The van der Waals surface area contributed by atoms with Crippen LogP contribution in [-0.2, 0) is 48.2 Å². The Kier molecular flexibility index (Phi) is 12.3. The predicted molar refractivity (Wildman–Crippen MR) is 187 cm³/mol. The van der Waals surface area contributed by atoms with Crippen LogP contribution in [0.15, 0.2) is 48.7 Å². The monoisotopic (exact) mass is 701 g/mol. The molecule has 3 aromatic rings. The van der Waals surface area contributed by atoms with E-state index < -0.39 is 47.8 Å². The van der Waals surface area contributed by atoms with E-state index in [1.165, 1.54) is 11.1 Å². The average Bonchev–Trinajstić information content (AvgIpc) is 3.78. The molecular weight excluding hydrogens is 654 g/mol. The normalized spacial score (nSPS) is 21.7. The van der Waals surface area contributed by atoms with Crippen LogP contribution in [0.25, 0.3) is 10.8 Å². The number of carbonyl (C=O) groups excluding carboxylic acids is 6. The number of benzene rings is 2. The lowest BCUT2D eigenvalue weighted by Crippen LogP contribution is -2.59. The zero-order valence-electron chi connectivity index (χ0n) is 29.1. The Hall–Kier alpha value is -5.34. The lowest BCUT2D eigenvalue weighted by Gasteiger charge is -2.28. The van der Waals surface area contributed by atoms with Crippen molar-refractivity contribution in [3.8, 4) is 0 Å². The van der Waals surface area contributed by atoms with Crippen molar-refractivity contribution >= 4 is 46.2 Å². The summed E-state index contributed by atoms with van der Waals surface area (Å²) < 4.78 is 1.60. The van der Waals surface area contributed by atoms with Crippen molar-refractivity contribution < 1.29 is 28.8 Å². The van der Waals surface area contributed by atoms with Crippen LogP contribution in [0.4, 0.5) is 0 Å². The number of rotatable bonds is 7. The van der Waals surface area contributed by atoms with Crippen LogP contribution in [0.1, 0.15) is 63.6 Å². The molecule has 15 nitrogen and oxygen atoms in total. The van der Waals surface area contributed by atoms with Gasteiger partial charge in [-0.1, -0.05) is 61.5 Å². The van der Waals surface area contributed by atoms with Gasteiger partial charge >= 0.3 is 0 Å². The summed E-state index contributed by atoms with van der Waals surface area (Å²) in [5.74, 6) is -3.11. The lowest BCUT2D eigenvalue weighted by atomic mass is 9.97. The summed E-state index contributed by atoms with van der Waals surface area (Å²) in [5, 5.41) is 21.1. The Balaban J connectivity index is 1.50. The van der Waals surface area contributed by atoms with Gasteiger partial charge in [0.25, 0.3) is 0 Å². The summed E-state index contributed by atoms with van der Waals surface area (Å²) in [6, 6.07) is 9.22. The molecule has 2 aromatic carbocycles. The number of carbonyl (C=O) groups is 6. The van der Waals surface area contributed by atoms with Crippen molar-refractivity contribution in [2.75, 3.05) is 13.1 Å². The molecule has 2 aliphatic rings. The van der Waals surface area contributed by atoms with Crippen LogP contribution in [0.3, 0.4) is 0 Å². The van der Waals surface area contributed by atoms with Gasteiger partial charge in [0.1, 0.15) is 24.2 Å². The van der Waals surface area contributed by atoms with E-state index in [4.69, 9.17) is 5.73 Å². The van der Waals surface area contributed by atoms with E-state index in [9.17, 15) is 28.8 Å². The van der Waals surface area contributed by atoms with Crippen LogP contribution in [-0.4, -0.2) is 92.6 Å². The highest BCUT2D eigenvalue weighted by molar-refractivity contribution is 5.97. The number of hydrogen-bond donors (Lipinski definition) is 5. The maximum Gasteiger partial charge on any atom is 0.243 e. The van der Waals surface area contributed by atoms with Gasteiger partial charge in [-0.05, 0) is 54.4 Å². The summed E-state index contributed by atoms with van der Waals surface area (Å²) in [6.07, 6.45) is 4.06. The molecule has 1 aromatic heterocycles. The maximum atomic E-state index is 14.3. The van der Waals surface area contributed by atoms with Gasteiger partial charge < -0.3 is 31.9 Å². The number of nitrogens with two attached hydrogens (primary N) is 1. The van der Waals surface area contributed by atoms with Crippen LogP contribution in [0.2, 0.25) is 0 Å². The van der Waals surface area contributed by atoms with Gasteiger partial charge in [-0.2, -0.15) is 0 Å². The van der Waals surface area contributed by atoms with E-state index in [0.717, 1.165) is 16.3 Å². The molecule has 0 unspecified atom stereocenters. The highest BCUT2D eigenvalue weighted by atomic mass is 16.2. The highest BCUT2D eigenvalue weighted by Crippen LogP contribution is 2.22. The molecule has 6 N–H and O–H groups in total. The Bertz CT molecular complexity index is 1750. The largest absolute Gasteiger partial charge is 0.368 e. The molecular formula is C36H47N9O6. The zero-order valence-corrected chi connectivity index (χ0v) is 29.1. The third-order valence-electron chi connectivity index (χ3n) is 9.38. The molecule has 1 fully saturated rings. The van der Waals surface area contributed by atoms with Crippen molar-refractivity contribution in [3.63, 3.8) is 0 Å².